The third-order valence-corrected chi connectivity index (χ3v) is 2.47. The molecule has 1 aromatic rings. The van der Waals surface area contributed by atoms with Gasteiger partial charge in [0.05, 0.1) is 12.3 Å². The summed E-state index contributed by atoms with van der Waals surface area (Å²) < 4.78 is 4.81. The highest BCUT2D eigenvalue weighted by molar-refractivity contribution is 5.88. The molecular weight excluding hydrogens is 264 g/mol. The predicted molar refractivity (Wildman–Crippen MR) is 70.2 cm³/mol. The Balaban J connectivity index is 2.28. The number of hydrogen-bond donors (Lipinski definition) is 3. The maximum atomic E-state index is 11.4. The number of carboxylic acids is 1. The highest BCUT2D eigenvalue weighted by atomic mass is 16.5. The van der Waals surface area contributed by atoms with Crippen molar-refractivity contribution in [3.63, 3.8) is 0 Å². The van der Waals surface area contributed by atoms with Crippen LogP contribution in [0.1, 0.15) is 22.5 Å². The summed E-state index contributed by atoms with van der Waals surface area (Å²) in [5, 5.41) is 14.6. The molecule has 0 saturated carbocycles. The normalized spacial score (nSPS) is 10.2. The molecule has 0 saturated heterocycles. The van der Waals surface area contributed by atoms with Crippen LogP contribution in [-0.2, 0) is 16.1 Å². The fourth-order valence-corrected chi connectivity index (χ4v) is 1.46. The molecule has 0 aliphatic carbocycles. The molecule has 0 spiro atoms. The molecule has 1 rings (SSSR count). The molecule has 1 aromatic heterocycles. The summed E-state index contributed by atoms with van der Waals surface area (Å²) in [5.74, 6) is -1.16. The van der Waals surface area contributed by atoms with Crippen LogP contribution < -0.4 is 10.6 Å². The van der Waals surface area contributed by atoms with Gasteiger partial charge in [0.15, 0.2) is 0 Å². The third kappa shape index (κ3) is 5.72. The van der Waals surface area contributed by atoms with Gasteiger partial charge in [-0.25, -0.2) is 14.8 Å². The molecule has 110 valence electrons. The van der Waals surface area contributed by atoms with Crippen molar-refractivity contribution in [3.05, 3.63) is 23.8 Å². The van der Waals surface area contributed by atoms with Gasteiger partial charge in [-0.2, -0.15) is 0 Å². The van der Waals surface area contributed by atoms with Crippen molar-refractivity contribution in [2.24, 2.45) is 0 Å². The van der Waals surface area contributed by atoms with E-state index in [4.69, 9.17) is 9.84 Å². The molecule has 3 N–H and O–H groups in total. The monoisotopic (exact) mass is 282 g/mol. The number of ether oxygens (including phenoxy) is 1. The summed E-state index contributed by atoms with van der Waals surface area (Å²) in [7, 11) is 1.56. The Labute approximate surface area is 116 Å². The number of nitrogens with zero attached hydrogens (tertiary/aromatic N) is 2. The zero-order chi connectivity index (χ0) is 14.8. The van der Waals surface area contributed by atoms with E-state index in [1.807, 2.05) is 0 Å². The minimum atomic E-state index is -1.07. The Morgan fingerprint density at radius 2 is 2.20 bits per heavy atom. The third-order valence-electron chi connectivity index (χ3n) is 2.47. The summed E-state index contributed by atoms with van der Waals surface area (Å²) in [4.78, 5) is 29.9. The lowest BCUT2D eigenvalue weighted by atomic mass is 10.2. The van der Waals surface area contributed by atoms with Gasteiger partial charge in [0.25, 0.3) is 0 Å². The summed E-state index contributed by atoms with van der Waals surface area (Å²) in [6.07, 6.45) is 2.85. The first-order valence-electron chi connectivity index (χ1n) is 6.13. The van der Waals surface area contributed by atoms with Gasteiger partial charge in [-0.15, -0.1) is 0 Å². The average molecular weight is 282 g/mol. The smallest absolute Gasteiger partial charge is 0.339 e. The molecule has 0 radical (unpaired) electrons. The molecule has 1 heterocycles. The zero-order valence-electron chi connectivity index (χ0n) is 11.3. The van der Waals surface area contributed by atoms with Gasteiger partial charge in [-0.1, -0.05) is 0 Å². The Morgan fingerprint density at radius 3 is 2.90 bits per heavy atom. The standard InChI is InChI=1S/C12H18N4O4/c1-20-5-4-15-11(17)2-3-13-7-10-9(12(18)19)6-14-8-16-10/h6,8,13H,2-5,7H2,1H3,(H,15,17)(H,18,19). The minimum Gasteiger partial charge on any atom is -0.478 e. The van der Waals surface area contributed by atoms with E-state index in [1.54, 1.807) is 7.11 Å². The second-order valence-electron chi connectivity index (χ2n) is 3.96. The van der Waals surface area contributed by atoms with E-state index in [2.05, 4.69) is 20.6 Å². The highest BCUT2D eigenvalue weighted by Crippen LogP contribution is 2.02. The van der Waals surface area contributed by atoms with Gasteiger partial charge in [-0.05, 0) is 0 Å². The van der Waals surface area contributed by atoms with E-state index in [9.17, 15) is 9.59 Å². The summed E-state index contributed by atoms with van der Waals surface area (Å²) in [6, 6.07) is 0. The number of aromatic nitrogens is 2. The molecule has 0 aliphatic rings. The lowest BCUT2D eigenvalue weighted by Crippen LogP contribution is -2.30. The first-order chi connectivity index (χ1) is 9.65. The molecule has 0 aromatic carbocycles. The summed E-state index contributed by atoms with van der Waals surface area (Å²) >= 11 is 0. The van der Waals surface area contributed by atoms with Gasteiger partial charge in [0, 0.05) is 39.4 Å². The van der Waals surface area contributed by atoms with Crippen LogP contribution >= 0.6 is 0 Å². The maximum Gasteiger partial charge on any atom is 0.339 e. The zero-order valence-corrected chi connectivity index (χ0v) is 11.3. The Morgan fingerprint density at radius 1 is 1.40 bits per heavy atom. The molecular formula is C12H18N4O4. The van der Waals surface area contributed by atoms with Crippen molar-refractivity contribution in [1.82, 2.24) is 20.6 Å². The quantitative estimate of drug-likeness (QED) is 0.519. The van der Waals surface area contributed by atoms with Gasteiger partial charge in [0.1, 0.15) is 11.9 Å². The van der Waals surface area contributed by atoms with Crippen LogP contribution in [-0.4, -0.2) is 53.8 Å². The Hall–Kier alpha value is -2.06. The van der Waals surface area contributed by atoms with Crippen LogP contribution in [0.25, 0.3) is 0 Å². The van der Waals surface area contributed by atoms with Gasteiger partial charge in [-0.3, -0.25) is 4.79 Å². The second-order valence-corrected chi connectivity index (χ2v) is 3.96. The highest BCUT2D eigenvalue weighted by Gasteiger charge is 2.10. The van der Waals surface area contributed by atoms with Crippen LogP contribution in [0.4, 0.5) is 0 Å². The molecule has 0 unspecified atom stereocenters. The Bertz CT molecular complexity index is 453. The van der Waals surface area contributed by atoms with Gasteiger partial charge < -0.3 is 20.5 Å². The average Bonchev–Trinajstić information content (AvgIpc) is 2.44. The van der Waals surface area contributed by atoms with E-state index in [0.29, 0.717) is 31.8 Å². The summed E-state index contributed by atoms with van der Waals surface area (Å²) in [6.45, 7) is 1.66. The van der Waals surface area contributed by atoms with Gasteiger partial charge in [0.2, 0.25) is 5.91 Å². The molecule has 0 bridgehead atoms. The Kier molecular flexibility index (Phi) is 7.15. The number of carbonyl (C=O) groups excluding carboxylic acids is 1. The van der Waals surface area contributed by atoms with Crippen molar-refractivity contribution in [2.75, 3.05) is 26.8 Å². The minimum absolute atomic E-state index is 0.0598. The lowest BCUT2D eigenvalue weighted by molar-refractivity contribution is -0.121. The number of rotatable bonds is 9. The predicted octanol–water partition coefficient (Wildman–Crippen LogP) is -0.583. The lowest BCUT2D eigenvalue weighted by Gasteiger charge is -2.07. The van der Waals surface area contributed by atoms with E-state index in [-0.39, 0.29) is 18.0 Å². The van der Waals surface area contributed by atoms with Crippen LogP contribution in [0.2, 0.25) is 0 Å². The van der Waals surface area contributed by atoms with E-state index in [1.165, 1.54) is 12.5 Å². The van der Waals surface area contributed by atoms with Crippen molar-refractivity contribution in [2.45, 2.75) is 13.0 Å². The van der Waals surface area contributed by atoms with Crippen molar-refractivity contribution in [3.8, 4) is 0 Å². The van der Waals surface area contributed by atoms with E-state index in [0.717, 1.165) is 0 Å². The molecule has 0 aliphatic heterocycles. The van der Waals surface area contributed by atoms with Crippen molar-refractivity contribution in [1.29, 1.82) is 0 Å². The molecule has 0 fully saturated rings. The number of carboxylic acid groups (broad SMARTS) is 1. The SMILES string of the molecule is COCCNC(=O)CCNCc1ncncc1C(=O)O. The number of aromatic carboxylic acids is 1. The molecule has 20 heavy (non-hydrogen) atoms. The fraction of sp³-hybridized carbons (Fsp3) is 0.500. The number of amides is 1. The molecule has 1 amide bonds. The van der Waals surface area contributed by atoms with Crippen molar-refractivity contribution >= 4 is 11.9 Å². The molecule has 8 heteroatoms. The maximum absolute atomic E-state index is 11.4. The van der Waals surface area contributed by atoms with E-state index < -0.39 is 5.97 Å². The first-order valence-corrected chi connectivity index (χ1v) is 6.13. The fourth-order valence-electron chi connectivity index (χ4n) is 1.46. The largest absolute Gasteiger partial charge is 0.478 e. The number of hydrogen-bond acceptors (Lipinski definition) is 6. The molecule has 0 atom stereocenters. The van der Waals surface area contributed by atoms with E-state index >= 15 is 0 Å². The second kappa shape index (κ2) is 8.94. The van der Waals surface area contributed by atoms with Gasteiger partial charge >= 0.3 is 5.97 Å². The van der Waals surface area contributed by atoms with Crippen LogP contribution in [0, 0.1) is 0 Å². The number of carbonyl (C=O) groups is 2. The molecule has 8 nitrogen and oxygen atoms in total. The number of methoxy groups -OCH3 is 1. The van der Waals surface area contributed by atoms with Crippen LogP contribution in [0.15, 0.2) is 12.5 Å². The van der Waals surface area contributed by atoms with Crippen LogP contribution in [0.3, 0.4) is 0 Å². The topological polar surface area (TPSA) is 113 Å². The summed E-state index contributed by atoms with van der Waals surface area (Å²) in [5.41, 5.74) is 0.455. The van der Waals surface area contributed by atoms with Crippen LogP contribution in [0.5, 0.6) is 0 Å². The first kappa shape index (κ1) is 16.0. The number of nitrogens with one attached hydrogen (secondary N) is 2. The van der Waals surface area contributed by atoms with Crippen molar-refractivity contribution < 1.29 is 19.4 Å².